The number of hydrogen-bond acceptors (Lipinski definition) is 2. The molecule has 1 atom stereocenters. The van der Waals surface area contributed by atoms with Crippen molar-refractivity contribution < 1.29 is 9.53 Å². The third-order valence-corrected chi connectivity index (χ3v) is 2.19. The Morgan fingerprint density at radius 1 is 1.46 bits per heavy atom. The van der Waals surface area contributed by atoms with E-state index in [0.717, 1.165) is 5.56 Å². The highest BCUT2D eigenvalue weighted by Gasteiger charge is 2.31. The van der Waals surface area contributed by atoms with E-state index in [-0.39, 0.29) is 11.9 Å². The Bertz CT molecular complexity index is 355. The molecule has 1 aromatic rings. The molecule has 0 bridgehead atoms. The van der Waals surface area contributed by atoms with Crippen LogP contribution in [-0.2, 0) is 4.79 Å². The first-order valence-corrected chi connectivity index (χ1v) is 4.24. The van der Waals surface area contributed by atoms with Crippen molar-refractivity contribution in [2.45, 2.75) is 12.3 Å². The van der Waals surface area contributed by atoms with E-state index in [1.165, 1.54) is 0 Å². The summed E-state index contributed by atoms with van der Waals surface area (Å²) in [5.74, 6) is 0.383. The van der Waals surface area contributed by atoms with Crippen molar-refractivity contribution in [3.8, 4) is 5.75 Å². The third kappa shape index (κ3) is 1.24. The van der Waals surface area contributed by atoms with Crippen molar-refractivity contribution in [1.82, 2.24) is 0 Å². The largest absolute Gasteiger partial charge is 0.426 e. The second kappa shape index (κ2) is 3.05. The number of carbonyl (C=O) groups excluding carboxylic acids is 1. The highest BCUT2D eigenvalue weighted by molar-refractivity contribution is 5.86. The van der Waals surface area contributed by atoms with Gasteiger partial charge >= 0.3 is 5.97 Å². The summed E-state index contributed by atoms with van der Waals surface area (Å²) in [6.07, 6.45) is 2.39. The lowest BCUT2D eigenvalue weighted by atomic mass is 9.98. The van der Waals surface area contributed by atoms with Crippen LogP contribution in [-0.4, -0.2) is 5.97 Å². The van der Waals surface area contributed by atoms with Gasteiger partial charge in [0.05, 0.1) is 5.92 Å². The monoisotopic (exact) mass is 174 g/mol. The minimum Gasteiger partial charge on any atom is -0.426 e. The molecule has 13 heavy (non-hydrogen) atoms. The number of esters is 1. The number of rotatable bonds is 2. The fourth-order valence-corrected chi connectivity index (χ4v) is 1.56. The van der Waals surface area contributed by atoms with Crippen LogP contribution in [0.3, 0.4) is 0 Å². The average molecular weight is 174 g/mol. The molecule has 1 unspecified atom stereocenters. The lowest BCUT2D eigenvalue weighted by Crippen LogP contribution is -2.08. The molecule has 1 aromatic carbocycles. The zero-order chi connectivity index (χ0) is 9.26. The molecule has 0 saturated heterocycles. The maximum Gasteiger partial charge on any atom is 0.319 e. The fourth-order valence-electron chi connectivity index (χ4n) is 1.56. The van der Waals surface area contributed by atoms with E-state index in [1.807, 2.05) is 24.3 Å². The maximum absolute atomic E-state index is 11.4. The van der Waals surface area contributed by atoms with Crippen LogP contribution < -0.4 is 4.74 Å². The van der Waals surface area contributed by atoms with Gasteiger partial charge in [0.2, 0.25) is 0 Å². The van der Waals surface area contributed by atoms with Gasteiger partial charge in [-0.3, -0.25) is 4.79 Å². The van der Waals surface area contributed by atoms with Crippen molar-refractivity contribution >= 4 is 5.97 Å². The first-order valence-electron chi connectivity index (χ1n) is 4.24. The summed E-state index contributed by atoms with van der Waals surface area (Å²) in [7, 11) is 0. The van der Waals surface area contributed by atoms with Gasteiger partial charge in [-0.25, -0.2) is 0 Å². The lowest BCUT2D eigenvalue weighted by molar-refractivity contribution is -0.134. The molecule has 0 aromatic heterocycles. The molecule has 2 nitrogen and oxygen atoms in total. The Kier molecular flexibility index (Phi) is 1.89. The minimum absolute atomic E-state index is 0.145. The second-order valence-electron chi connectivity index (χ2n) is 3.04. The van der Waals surface area contributed by atoms with Gasteiger partial charge in [0.15, 0.2) is 0 Å². The normalized spacial score (nSPS) is 19.4. The smallest absolute Gasteiger partial charge is 0.319 e. The quantitative estimate of drug-likeness (QED) is 0.390. The molecular weight excluding hydrogens is 164 g/mol. The first-order chi connectivity index (χ1) is 6.33. The molecule has 66 valence electrons. The fraction of sp³-hybridized carbons (Fsp3) is 0.182. The number of fused-ring (bicyclic) bond motifs is 1. The van der Waals surface area contributed by atoms with Gasteiger partial charge in [-0.1, -0.05) is 24.3 Å². The Morgan fingerprint density at radius 2 is 2.23 bits per heavy atom. The first kappa shape index (κ1) is 8.05. The molecule has 0 fully saturated rings. The van der Waals surface area contributed by atoms with Gasteiger partial charge in [-0.15, -0.1) is 6.58 Å². The zero-order valence-corrected chi connectivity index (χ0v) is 7.19. The molecule has 1 heterocycles. The van der Waals surface area contributed by atoms with Crippen LogP contribution >= 0.6 is 0 Å². The number of ether oxygens (including phenoxy) is 1. The van der Waals surface area contributed by atoms with Crippen molar-refractivity contribution in [2.24, 2.45) is 0 Å². The van der Waals surface area contributed by atoms with Crippen LogP contribution in [0.4, 0.5) is 0 Å². The van der Waals surface area contributed by atoms with Crippen molar-refractivity contribution in [2.75, 3.05) is 0 Å². The van der Waals surface area contributed by atoms with E-state index >= 15 is 0 Å². The molecule has 2 heteroatoms. The summed E-state index contributed by atoms with van der Waals surface area (Å²) in [5, 5.41) is 0. The van der Waals surface area contributed by atoms with Crippen LogP contribution in [0.15, 0.2) is 36.9 Å². The van der Waals surface area contributed by atoms with Gasteiger partial charge < -0.3 is 4.74 Å². The Morgan fingerprint density at radius 3 is 3.00 bits per heavy atom. The maximum atomic E-state index is 11.4. The van der Waals surface area contributed by atoms with E-state index in [4.69, 9.17) is 4.74 Å². The average Bonchev–Trinajstić information content (AvgIpc) is 2.44. The number of allylic oxidation sites excluding steroid dienone is 1. The van der Waals surface area contributed by atoms with Gasteiger partial charge in [-0.2, -0.15) is 0 Å². The van der Waals surface area contributed by atoms with E-state index < -0.39 is 0 Å². The summed E-state index contributed by atoms with van der Waals surface area (Å²) >= 11 is 0. The zero-order valence-electron chi connectivity index (χ0n) is 7.19. The van der Waals surface area contributed by atoms with Crippen LogP contribution in [0.25, 0.3) is 0 Å². The Labute approximate surface area is 76.8 Å². The number of para-hydroxylation sites is 1. The summed E-state index contributed by atoms with van der Waals surface area (Å²) in [5.41, 5.74) is 0.979. The van der Waals surface area contributed by atoms with Gasteiger partial charge in [-0.05, 0) is 12.5 Å². The lowest BCUT2D eigenvalue weighted by Gasteiger charge is -2.01. The number of hydrogen-bond donors (Lipinski definition) is 0. The molecule has 0 N–H and O–H groups in total. The Hall–Kier alpha value is -1.57. The van der Waals surface area contributed by atoms with Crippen molar-refractivity contribution in [3.05, 3.63) is 42.5 Å². The summed E-state index contributed by atoms with van der Waals surface area (Å²) in [6, 6.07) is 7.52. The molecule has 0 aliphatic carbocycles. The number of carbonyl (C=O) groups is 1. The SMILES string of the molecule is C=CCC1C(=O)Oc2ccccc21. The van der Waals surface area contributed by atoms with Gasteiger partial charge in [0, 0.05) is 5.56 Å². The second-order valence-corrected chi connectivity index (χ2v) is 3.04. The van der Waals surface area contributed by atoms with E-state index in [2.05, 4.69) is 6.58 Å². The highest BCUT2D eigenvalue weighted by atomic mass is 16.5. The molecule has 1 aliphatic heterocycles. The number of benzene rings is 1. The minimum atomic E-state index is -0.166. The Balaban J connectivity index is 2.40. The predicted octanol–water partition coefficient (Wildman–Crippen LogP) is 2.27. The topological polar surface area (TPSA) is 26.3 Å². The molecule has 0 amide bonds. The van der Waals surface area contributed by atoms with Crippen molar-refractivity contribution in [3.63, 3.8) is 0 Å². The van der Waals surface area contributed by atoms with Crippen molar-refractivity contribution in [1.29, 1.82) is 0 Å². The van der Waals surface area contributed by atoms with Gasteiger partial charge in [0.25, 0.3) is 0 Å². The predicted molar refractivity (Wildman–Crippen MR) is 49.6 cm³/mol. The third-order valence-electron chi connectivity index (χ3n) is 2.19. The summed E-state index contributed by atoms with van der Waals surface area (Å²) < 4.78 is 5.09. The molecule has 2 rings (SSSR count). The molecular formula is C11H10O2. The van der Waals surface area contributed by atoms with E-state index in [9.17, 15) is 4.79 Å². The van der Waals surface area contributed by atoms with Crippen LogP contribution in [0, 0.1) is 0 Å². The molecule has 1 aliphatic rings. The van der Waals surface area contributed by atoms with Crippen LogP contribution in [0.2, 0.25) is 0 Å². The van der Waals surface area contributed by atoms with Crippen LogP contribution in [0.1, 0.15) is 17.9 Å². The molecule has 0 radical (unpaired) electrons. The standard InChI is InChI=1S/C11H10O2/c1-2-5-9-8-6-3-4-7-10(8)13-11(9)12/h2-4,6-7,9H,1,5H2. The van der Waals surface area contributed by atoms with Gasteiger partial charge in [0.1, 0.15) is 5.75 Å². The van der Waals surface area contributed by atoms with E-state index in [0.29, 0.717) is 12.2 Å². The summed E-state index contributed by atoms with van der Waals surface area (Å²) in [4.78, 5) is 11.4. The molecule has 0 spiro atoms. The summed E-state index contributed by atoms with van der Waals surface area (Å²) in [6.45, 7) is 3.62. The highest BCUT2D eigenvalue weighted by Crippen LogP contribution is 2.36. The van der Waals surface area contributed by atoms with Crippen LogP contribution in [0.5, 0.6) is 5.75 Å². The van der Waals surface area contributed by atoms with E-state index in [1.54, 1.807) is 6.08 Å². The molecule has 0 saturated carbocycles.